The molecule has 0 saturated carbocycles. The zero-order chi connectivity index (χ0) is 39.6. The smallest absolute Gasteiger partial charge is 0.164 e. The van der Waals surface area contributed by atoms with Gasteiger partial charge in [-0.1, -0.05) is 152 Å². The number of para-hydroxylation sites is 3. The van der Waals surface area contributed by atoms with Gasteiger partial charge in [-0.05, 0) is 42.0 Å². The van der Waals surface area contributed by atoms with Crippen molar-refractivity contribution in [2.75, 3.05) is 0 Å². The second-order valence-electron chi connectivity index (χ2n) is 14.8. The molecule has 0 N–H and O–H groups in total. The average Bonchev–Trinajstić information content (AvgIpc) is 3.90. The number of fused-ring (bicyclic) bond motifs is 7. The Kier molecular flexibility index (Phi) is 7.71. The number of nitrogens with zero attached hydrogens (tertiary/aromatic N) is 5. The standard InChI is InChI=1S/C53H31N5O2/c1-3-13-34(14-4-1)50-56-51(35-15-5-2-6-16-35)58-53(57-50)41-21-12-24-46-47(41)42-31-36(29-30-45(42)59-46)52-54-43-22-9-7-18-40(43)48(55-52)33-27-25-32(26-28-33)37-19-11-20-39-38-17-8-10-23-44(38)60-49(37)39/h1-31H. The molecule has 0 aliphatic heterocycles. The van der Waals surface area contributed by atoms with Crippen molar-refractivity contribution in [1.29, 1.82) is 0 Å². The van der Waals surface area contributed by atoms with Gasteiger partial charge >= 0.3 is 0 Å². The number of furan rings is 2. The first-order valence-electron chi connectivity index (χ1n) is 19.8. The highest BCUT2D eigenvalue weighted by molar-refractivity contribution is 6.13. The molecule has 280 valence electrons. The van der Waals surface area contributed by atoms with Gasteiger partial charge in [0, 0.05) is 60.3 Å². The third-order valence-electron chi connectivity index (χ3n) is 11.2. The van der Waals surface area contributed by atoms with E-state index >= 15 is 0 Å². The lowest BCUT2D eigenvalue weighted by Gasteiger charge is -2.11. The summed E-state index contributed by atoms with van der Waals surface area (Å²) >= 11 is 0. The minimum absolute atomic E-state index is 0.561. The van der Waals surface area contributed by atoms with Gasteiger partial charge in [-0.25, -0.2) is 24.9 Å². The van der Waals surface area contributed by atoms with E-state index < -0.39 is 0 Å². The van der Waals surface area contributed by atoms with Crippen molar-refractivity contribution in [1.82, 2.24) is 24.9 Å². The first-order chi connectivity index (χ1) is 29.7. The van der Waals surface area contributed by atoms with Crippen LogP contribution >= 0.6 is 0 Å². The van der Waals surface area contributed by atoms with Crippen LogP contribution in [0, 0.1) is 0 Å². The van der Waals surface area contributed by atoms with Crippen molar-refractivity contribution in [2.24, 2.45) is 0 Å². The van der Waals surface area contributed by atoms with Gasteiger partial charge < -0.3 is 8.83 Å². The van der Waals surface area contributed by atoms with E-state index in [0.29, 0.717) is 23.3 Å². The molecule has 0 aliphatic rings. The Labute approximate surface area is 343 Å². The fourth-order valence-electron chi connectivity index (χ4n) is 8.29. The third kappa shape index (κ3) is 5.63. The SMILES string of the molecule is c1ccc(-c2nc(-c3ccccc3)nc(-c3cccc4oc5ccc(-c6nc(-c7ccc(-c8cccc9c8oc8ccccc89)cc7)c7ccccc7n6)cc5c34)n2)cc1. The Morgan fingerprint density at radius 1 is 0.300 bits per heavy atom. The molecule has 0 bridgehead atoms. The van der Waals surface area contributed by atoms with Gasteiger partial charge in [0.1, 0.15) is 22.3 Å². The van der Waals surface area contributed by atoms with Gasteiger partial charge in [-0.2, -0.15) is 0 Å². The van der Waals surface area contributed by atoms with E-state index in [-0.39, 0.29) is 0 Å². The molecule has 8 aromatic carbocycles. The van der Waals surface area contributed by atoms with E-state index in [4.69, 9.17) is 33.8 Å². The number of rotatable bonds is 6. The van der Waals surface area contributed by atoms with Crippen LogP contribution in [-0.4, -0.2) is 24.9 Å². The Morgan fingerprint density at radius 3 is 1.65 bits per heavy atom. The fraction of sp³-hybridized carbons (Fsp3) is 0. The summed E-state index contributed by atoms with van der Waals surface area (Å²) in [6.07, 6.45) is 0. The molecule has 0 atom stereocenters. The molecular formula is C53H31N5O2. The molecule has 0 spiro atoms. The van der Waals surface area contributed by atoms with Gasteiger partial charge in [0.25, 0.3) is 0 Å². The summed E-state index contributed by atoms with van der Waals surface area (Å²) in [5, 5.41) is 5.03. The van der Waals surface area contributed by atoms with Crippen LogP contribution < -0.4 is 0 Å². The van der Waals surface area contributed by atoms with Crippen LogP contribution in [0.5, 0.6) is 0 Å². The van der Waals surface area contributed by atoms with E-state index in [2.05, 4.69) is 60.7 Å². The van der Waals surface area contributed by atoms with Crippen LogP contribution in [-0.2, 0) is 0 Å². The normalized spacial score (nSPS) is 11.7. The Morgan fingerprint density at radius 2 is 0.867 bits per heavy atom. The molecular weight excluding hydrogens is 739 g/mol. The zero-order valence-corrected chi connectivity index (χ0v) is 32.0. The molecule has 12 rings (SSSR count). The lowest BCUT2D eigenvalue weighted by molar-refractivity contribution is 0.669. The highest BCUT2D eigenvalue weighted by Gasteiger charge is 2.20. The zero-order valence-electron chi connectivity index (χ0n) is 32.0. The molecule has 0 saturated heterocycles. The van der Waals surface area contributed by atoms with Crippen LogP contribution in [0.15, 0.2) is 197 Å². The molecule has 12 aromatic rings. The van der Waals surface area contributed by atoms with Gasteiger partial charge in [0.05, 0.1) is 11.2 Å². The van der Waals surface area contributed by atoms with Crippen LogP contribution in [0.25, 0.3) is 123 Å². The molecule has 0 fully saturated rings. The Bertz CT molecular complexity index is 3540. The molecule has 4 aromatic heterocycles. The summed E-state index contributed by atoms with van der Waals surface area (Å²) in [5.41, 5.74) is 11.6. The molecule has 0 radical (unpaired) electrons. The highest BCUT2D eigenvalue weighted by atomic mass is 16.3. The quantitative estimate of drug-likeness (QED) is 0.166. The summed E-state index contributed by atoms with van der Waals surface area (Å²) in [4.78, 5) is 25.4. The van der Waals surface area contributed by atoms with E-state index in [9.17, 15) is 0 Å². The predicted molar refractivity (Wildman–Crippen MR) is 240 cm³/mol. The first-order valence-corrected chi connectivity index (χ1v) is 19.8. The first kappa shape index (κ1) is 33.8. The Balaban J connectivity index is 0.985. The Hall–Kier alpha value is -8.29. The van der Waals surface area contributed by atoms with Crippen LogP contribution in [0.3, 0.4) is 0 Å². The fourth-order valence-corrected chi connectivity index (χ4v) is 8.29. The van der Waals surface area contributed by atoms with Gasteiger partial charge in [-0.15, -0.1) is 0 Å². The van der Waals surface area contributed by atoms with Crippen LogP contribution in [0.2, 0.25) is 0 Å². The maximum Gasteiger partial charge on any atom is 0.164 e. The molecule has 0 unspecified atom stereocenters. The molecule has 0 amide bonds. The summed E-state index contributed by atoms with van der Waals surface area (Å²) in [6, 6.07) is 63.4. The monoisotopic (exact) mass is 769 g/mol. The minimum atomic E-state index is 0.561. The van der Waals surface area contributed by atoms with E-state index in [1.165, 1.54) is 0 Å². The van der Waals surface area contributed by atoms with E-state index in [1.54, 1.807) is 0 Å². The summed E-state index contributed by atoms with van der Waals surface area (Å²) < 4.78 is 12.8. The van der Waals surface area contributed by atoms with Crippen molar-refractivity contribution in [2.45, 2.75) is 0 Å². The van der Waals surface area contributed by atoms with Crippen molar-refractivity contribution >= 4 is 54.8 Å². The van der Waals surface area contributed by atoms with Crippen molar-refractivity contribution in [3.63, 3.8) is 0 Å². The number of aromatic nitrogens is 5. The summed E-state index contributed by atoms with van der Waals surface area (Å²) in [5.74, 6) is 2.38. The number of hydrogen-bond acceptors (Lipinski definition) is 7. The maximum atomic E-state index is 6.47. The molecule has 60 heavy (non-hydrogen) atoms. The maximum absolute atomic E-state index is 6.47. The third-order valence-corrected chi connectivity index (χ3v) is 11.2. The molecule has 7 nitrogen and oxygen atoms in total. The van der Waals surface area contributed by atoms with Crippen LogP contribution in [0.4, 0.5) is 0 Å². The topological polar surface area (TPSA) is 90.7 Å². The van der Waals surface area contributed by atoms with Crippen molar-refractivity contribution in [3.8, 4) is 67.9 Å². The second-order valence-corrected chi connectivity index (χ2v) is 14.8. The lowest BCUT2D eigenvalue weighted by Crippen LogP contribution is -2.00. The second kappa shape index (κ2) is 13.7. The van der Waals surface area contributed by atoms with E-state index in [0.717, 1.165) is 99.4 Å². The molecule has 0 aliphatic carbocycles. The number of benzene rings is 8. The highest BCUT2D eigenvalue weighted by Crippen LogP contribution is 2.40. The van der Waals surface area contributed by atoms with Gasteiger partial charge in [0.15, 0.2) is 23.3 Å². The minimum Gasteiger partial charge on any atom is -0.456 e. The molecule has 4 heterocycles. The lowest BCUT2D eigenvalue weighted by atomic mass is 9.99. The van der Waals surface area contributed by atoms with E-state index in [1.807, 2.05) is 127 Å². The summed E-state index contributed by atoms with van der Waals surface area (Å²) in [7, 11) is 0. The van der Waals surface area contributed by atoms with Gasteiger partial charge in [0.2, 0.25) is 0 Å². The van der Waals surface area contributed by atoms with Crippen LogP contribution in [0.1, 0.15) is 0 Å². The predicted octanol–water partition coefficient (Wildman–Crippen LogP) is 13.6. The van der Waals surface area contributed by atoms with Crippen molar-refractivity contribution in [3.05, 3.63) is 188 Å². The largest absolute Gasteiger partial charge is 0.456 e. The average molecular weight is 770 g/mol. The number of hydrogen-bond donors (Lipinski definition) is 0. The van der Waals surface area contributed by atoms with Crippen molar-refractivity contribution < 1.29 is 8.83 Å². The van der Waals surface area contributed by atoms with Gasteiger partial charge in [-0.3, -0.25) is 0 Å². The summed E-state index contributed by atoms with van der Waals surface area (Å²) in [6.45, 7) is 0. The molecule has 7 heteroatoms.